The first kappa shape index (κ1) is 10.4. The Morgan fingerprint density at radius 1 is 1.20 bits per heavy atom. The number of nitrogens with zero attached hydrogens (tertiary/aromatic N) is 1. The number of pyridine rings is 1. The zero-order valence-electron chi connectivity index (χ0n) is 8.36. The maximum absolute atomic E-state index is 4.38. The monoisotopic (exact) mass is 261 g/mol. The van der Waals surface area contributed by atoms with Crippen molar-refractivity contribution in [2.75, 3.05) is 5.33 Å². The van der Waals surface area contributed by atoms with Crippen molar-refractivity contribution >= 4 is 32.8 Å². The topological polar surface area (TPSA) is 12.9 Å². The van der Waals surface area contributed by atoms with Gasteiger partial charge in [0, 0.05) is 16.9 Å². The molecule has 2 heteroatoms. The number of halogens is 1. The fourth-order valence-electron chi connectivity index (χ4n) is 1.53. The van der Waals surface area contributed by atoms with Gasteiger partial charge in [-0.05, 0) is 23.9 Å². The summed E-state index contributed by atoms with van der Waals surface area (Å²) in [7, 11) is 0. The first-order valence-electron chi connectivity index (χ1n) is 4.98. The third-order valence-electron chi connectivity index (χ3n) is 2.26. The van der Waals surface area contributed by atoms with Crippen LogP contribution in [0.1, 0.15) is 12.1 Å². The first-order chi connectivity index (χ1) is 7.42. The van der Waals surface area contributed by atoms with Crippen LogP contribution in [0.2, 0.25) is 0 Å². The summed E-state index contributed by atoms with van der Waals surface area (Å²) in [5, 5.41) is 3.45. The molecule has 0 radical (unpaired) electrons. The van der Waals surface area contributed by atoms with Gasteiger partial charge in [0.25, 0.3) is 0 Å². The van der Waals surface area contributed by atoms with Gasteiger partial charge in [0.1, 0.15) is 0 Å². The summed E-state index contributed by atoms with van der Waals surface area (Å²) in [6.07, 6.45) is 7.12. The van der Waals surface area contributed by atoms with E-state index in [2.05, 4.69) is 45.2 Å². The lowest BCUT2D eigenvalue weighted by molar-refractivity contribution is 1.26. The molecule has 0 aliphatic carbocycles. The fourth-order valence-corrected chi connectivity index (χ4v) is 1.80. The molecule has 0 bridgehead atoms. The van der Waals surface area contributed by atoms with Crippen LogP contribution in [0, 0.1) is 0 Å². The molecule has 0 aliphatic rings. The van der Waals surface area contributed by atoms with Crippen LogP contribution < -0.4 is 0 Å². The minimum Gasteiger partial charge on any atom is -0.256 e. The molecule has 0 saturated heterocycles. The summed E-state index contributed by atoms with van der Waals surface area (Å²) in [6, 6.07) is 10.4. The molecular weight excluding hydrogens is 250 g/mol. The number of hydrogen-bond donors (Lipinski definition) is 0. The molecule has 1 aromatic carbocycles. The Balaban J connectivity index is 2.42. The van der Waals surface area contributed by atoms with Crippen LogP contribution in [-0.4, -0.2) is 10.3 Å². The lowest BCUT2D eigenvalue weighted by Crippen LogP contribution is -1.82. The number of hydrogen-bond acceptors (Lipinski definition) is 1. The highest BCUT2D eigenvalue weighted by Crippen LogP contribution is 2.17. The van der Waals surface area contributed by atoms with Gasteiger partial charge in [0.2, 0.25) is 0 Å². The molecule has 1 nitrogen and oxygen atoms in total. The minimum absolute atomic E-state index is 0.994. The number of allylic oxidation sites excluding steroid dienone is 1. The molecule has 0 aliphatic heterocycles. The van der Waals surface area contributed by atoms with Gasteiger partial charge in [0.15, 0.2) is 0 Å². The van der Waals surface area contributed by atoms with E-state index in [1.54, 1.807) is 0 Å². The summed E-state index contributed by atoms with van der Waals surface area (Å²) in [5.74, 6) is 0. The summed E-state index contributed by atoms with van der Waals surface area (Å²) in [6.45, 7) is 0. The Kier molecular flexibility index (Phi) is 3.51. The van der Waals surface area contributed by atoms with Crippen LogP contribution in [0.3, 0.4) is 0 Å². The highest BCUT2D eigenvalue weighted by Gasteiger charge is 1.96. The number of aromatic nitrogens is 1. The quantitative estimate of drug-likeness (QED) is 0.761. The molecule has 0 unspecified atom stereocenters. The molecule has 15 heavy (non-hydrogen) atoms. The van der Waals surface area contributed by atoms with Gasteiger partial charge in [-0.15, -0.1) is 0 Å². The number of rotatable bonds is 3. The van der Waals surface area contributed by atoms with Crippen molar-refractivity contribution in [3.8, 4) is 0 Å². The average molecular weight is 262 g/mol. The lowest BCUT2D eigenvalue weighted by Gasteiger charge is -2.00. The van der Waals surface area contributed by atoms with Crippen molar-refractivity contribution in [2.45, 2.75) is 6.42 Å². The standard InChI is InChI=1S/C13H12BrN/c14-9-4-3-7-13-12-6-2-1-5-11(12)8-10-15-13/h1-3,5-8,10H,4,9H2. The van der Waals surface area contributed by atoms with E-state index in [0.717, 1.165) is 17.4 Å². The molecule has 1 aromatic heterocycles. The molecule has 0 N–H and O–H groups in total. The summed E-state index contributed by atoms with van der Waals surface area (Å²) >= 11 is 3.40. The number of alkyl halides is 1. The molecule has 2 rings (SSSR count). The van der Waals surface area contributed by atoms with Crippen LogP contribution in [0.15, 0.2) is 42.6 Å². The Morgan fingerprint density at radius 2 is 2.07 bits per heavy atom. The summed E-state index contributed by atoms with van der Waals surface area (Å²) in [5.41, 5.74) is 1.05. The van der Waals surface area contributed by atoms with Gasteiger partial charge in [-0.25, -0.2) is 0 Å². The summed E-state index contributed by atoms with van der Waals surface area (Å²) in [4.78, 5) is 4.38. The average Bonchev–Trinajstić information content (AvgIpc) is 2.30. The molecule has 0 atom stereocenters. The molecule has 0 fully saturated rings. The molecular formula is C13H12BrN. The second kappa shape index (κ2) is 5.08. The maximum Gasteiger partial charge on any atom is 0.0704 e. The Morgan fingerprint density at radius 3 is 2.93 bits per heavy atom. The van der Waals surface area contributed by atoms with Crippen LogP contribution in [-0.2, 0) is 0 Å². The zero-order chi connectivity index (χ0) is 10.5. The van der Waals surface area contributed by atoms with Gasteiger partial charge in [-0.3, -0.25) is 4.98 Å². The van der Waals surface area contributed by atoms with Crippen molar-refractivity contribution < 1.29 is 0 Å². The van der Waals surface area contributed by atoms with E-state index in [1.165, 1.54) is 10.8 Å². The van der Waals surface area contributed by atoms with E-state index in [4.69, 9.17) is 0 Å². The predicted octanol–water partition coefficient (Wildman–Crippen LogP) is 4.03. The van der Waals surface area contributed by atoms with E-state index in [-0.39, 0.29) is 0 Å². The fraction of sp³-hybridized carbons (Fsp3) is 0.154. The molecule has 0 saturated carbocycles. The van der Waals surface area contributed by atoms with Gasteiger partial charge in [-0.2, -0.15) is 0 Å². The van der Waals surface area contributed by atoms with E-state index in [9.17, 15) is 0 Å². The largest absolute Gasteiger partial charge is 0.256 e. The normalized spacial score (nSPS) is 11.3. The number of benzene rings is 1. The van der Waals surface area contributed by atoms with Crippen molar-refractivity contribution in [1.82, 2.24) is 4.98 Å². The van der Waals surface area contributed by atoms with E-state index in [0.29, 0.717) is 0 Å². The maximum atomic E-state index is 4.38. The van der Waals surface area contributed by atoms with Crippen LogP contribution >= 0.6 is 15.9 Å². The van der Waals surface area contributed by atoms with Crippen molar-refractivity contribution in [3.63, 3.8) is 0 Å². The van der Waals surface area contributed by atoms with Crippen LogP contribution in [0.25, 0.3) is 16.8 Å². The third kappa shape index (κ3) is 2.45. The van der Waals surface area contributed by atoms with Gasteiger partial charge >= 0.3 is 0 Å². The Bertz CT molecular complexity index is 471. The second-order valence-electron chi connectivity index (χ2n) is 3.30. The van der Waals surface area contributed by atoms with Crippen molar-refractivity contribution in [1.29, 1.82) is 0 Å². The Labute approximate surface area is 98.0 Å². The predicted molar refractivity (Wildman–Crippen MR) is 69.2 cm³/mol. The van der Waals surface area contributed by atoms with Gasteiger partial charge in [0.05, 0.1) is 5.69 Å². The van der Waals surface area contributed by atoms with Crippen LogP contribution in [0.4, 0.5) is 0 Å². The van der Waals surface area contributed by atoms with E-state index >= 15 is 0 Å². The Hall–Kier alpha value is -1.15. The zero-order valence-corrected chi connectivity index (χ0v) is 9.94. The smallest absolute Gasteiger partial charge is 0.0704 e. The molecule has 76 valence electrons. The first-order valence-corrected chi connectivity index (χ1v) is 6.10. The number of fused-ring (bicyclic) bond motifs is 1. The second-order valence-corrected chi connectivity index (χ2v) is 4.09. The highest BCUT2D eigenvalue weighted by atomic mass is 79.9. The SMILES string of the molecule is BrCCC=Cc1nccc2ccccc12. The summed E-state index contributed by atoms with van der Waals surface area (Å²) < 4.78 is 0. The third-order valence-corrected chi connectivity index (χ3v) is 2.71. The lowest BCUT2D eigenvalue weighted by atomic mass is 10.1. The highest BCUT2D eigenvalue weighted by molar-refractivity contribution is 9.09. The van der Waals surface area contributed by atoms with E-state index in [1.807, 2.05) is 24.4 Å². The minimum atomic E-state index is 0.994. The van der Waals surface area contributed by atoms with E-state index < -0.39 is 0 Å². The van der Waals surface area contributed by atoms with Crippen molar-refractivity contribution in [3.05, 3.63) is 48.3 Å². The molecule has 2 aromatic rings. The van der Waals surface area contributed by atoms with Gasteiger partial charge in [-0.1, -0.05) is 46.3 Å². The van der Waals surface area contributed by atoms with Crippen molar-refractivity contribution in [2.24, 2.45) is 0 Å². The molecule has 0 amide bonds. The molecule has 0 spiro atoms. The van der Waals surface area contributed by atoms with Gasteiger partial charge < -0.3 is 0 Å². The molecule has 1 heterocycles. The van der Waals surface area contributed by atoms with Crippen LogP contribution in [0.5, 0.6) is 0 Å².